The molecule has 2 amide bonds. The molecule has 0 aliphatic rings. The van der Waals surface area contributed by atoms with Crippen molar-refractivity contribution in [2.24, 2.45) is 0 Å². The topological polar surface area (TPSA) is 78.4 Å². The summed E-state index contributed by atoms with van der Waals surface area (Å²) in [4.78, 5) is 23.0. The smallest absolute Gasteiger partial charge is 0.325 e. The molecule has 0 radical (unpaired) electrons. The Morgan fingerprint density at radius 1 is 1.53 bits per heavy atom. The second-order valence-electron chi connectivity index (χ2n) is 3.61. The molecular formula is C11H16N2O3S. The fourth-order valence-electron chi connectivity index (χ4n) is 1.31. The van der Waals surface area contributed by atoms with Crippen LogP contribution in [0, 0.1) is 0 Å². The zero-order valence-corrected chi connectivity index (χ0v) is 10.6. The van der Waals surface area contributed by atoms with Crippen LogP contribution in [0.3, 0.4) is 0 Å². The lowest BCUT2D eigenvalue weighted by molar-refractivity contribution is -0.138. The first-order valence-electron chi connectivity index (χ1n) is 5.37. The number of hydrogen-bond donors (Lipinski definition) is 3. The van der Waals surface area contributed by atoms with Crippen molar-refractivity contribution >= 4 is 23.3 Å². The predicted octanol–water partition coefficient (Wildman–Crippen LogP) is 1.58. The van der Waals surface area contributed by atoms with Crippen molar-refractivity contribution in [1.82, 2.24) is 10.6 Å². The summed E-state index contributed by atoms with van der Waals surface area (Å²) in [7, 11) is 0. The number of carboxylic acids is 1. The summed E-state index contributed by atoms with van der Waals surface area (Å²) in [6.07, 6.45) is 0.924. The first-order chi connectivity index (χ1) is 8.04. The molecule has 17 heavy (non-hydrogen) atoms. The summed E-state index contributed by atoms with van der Waals surface area (Å²) in [5, 5.41) is 15.6. The predicted molar refractivity (Wildman–Crippen MR) is 66.2 cm³/mol. The van der Waals surface area contributed by atoms with Gasteiger partial charge in [0.2, 0.25) is 0 Å². The lowest BCUT2D eigenvalue weighted by atomic mass is 10.2. The number of hydrogen-bond acceptors (Lipinski definition) is 3. The van der Waals surface area contributed by atoms with Gasteiger partial charge >= 0.3 is 12.0 Å². The number of rotatable bonds is 5. The zero-order chi connectivity index (χ0) is 12.8. The molecule has 0 unspecified atom stereocenters. The lowest BCUT2D eigenvalue weighted by Crippen LogP contribution is -2.44. The molecule has 0 saturated heterocycles. The van der Waals surface area contributed by atoms with Crippen molar-refractivity contribution in [2.45, 2.75) is 32.9 Å². The molecule has 1 aromatic rings. The van der Waals surface area contributed by atoms with E-state index < -0.39 is 18.0 Å². The Kier molecular flexibility index (Phi) is 4.96. The first-order valence-corrected chi connectivity index (χ1v) is 6.25. The van der Waals surface area contributed by atoms with E-state index in [1.165, 1.54) is 12.5 Å². The normalized spacial score (nSPS) is 11.9. The SMILES string of the molecule is CCc1ccsc1CNC(=O)N[C@@H](C)C(=O)O. The molecule has 0 bridgehead atoms. The highest BCUT2D eigenvalue weighted by molar-refractivity contribution is 7.10. The number of aliphatic carboxylic acids is 1. The second kappa shape index (κ2) is 6.24. The number of urea groups is 1. The van der Waals surface area contributed by atoms with Gasteiger partial charge in [-0.15, -0.1) is 11.3 Å². The van der Waals surface area contributed by atoms with Gasteiger partial charge in [0, 0.05) is 4.88 Å². The van der Waals surface area contributed by atoms with Crippen LogP contribution in [0.25, 0.3) is 0 Å². The summed E-state index contributed by atoms with van der Waals surface area (Å²) in [5.74, 6) is -1.05. The molecule has 1 atom stereocenters. The Hall–Kier alpha value is -1.56. The van der Waals surface area contributed by atoms with Crippen LogP contribution in [0.1, 0.15) is 24.3 Å². The maximum Gasteiger partial charge on any atom is 0.325 e. The summed E-state index contributed by atoms with van der Waals surface area (Å²) in [5.41, 5.74) is 1.21. The molecule has 6 heteroatoms. The third-order valence-corrected chi connectivity index (χ3v) is 3.31. The van der Waals surface area contributed by atoms with Gasteiger partial charge in [-0.25, -0.2) is 4.79 Å². The van der Waals surface area contributed by atoms with Crippen LogP contribution in [0.5, 0.6) is 0 Å². The van der Waals surface area contributed by atoms with Gasteiger partial charge in [0.05, 0.1) is 6.54 Å². The molecule has 0 aromatic carbocycles. The average molecular weight is 256 g/mol. The average Bonchev–Trinajstić information content (AvgIpc) is 2.73. The minimum Gasteiger partial charge on any atom is -0.480 e. The summed E-state index contributed by atoms with van der Waals surface area (Å²) in [6, 6.07) is 0.679. The van der Waals surface area contributed by atoms with Crippen LogP contribution in [-0.4, -0.2) is 23.1 Å². The van der Waals surface area contributed by atoms with Crippen LogP contribution < -0.4 is 10.6 Å². The minimum absolute atomic E-state index is 0.430. The summed E-state index contributed by atoms with van der Waals surface area (Å²) in [6.45, 7) is 3.90. The molecule has 5 nitrogen and oxygen atoms in total. The van der Waals surface area contributed by atoms with Crippen molar-refractivity contribution < 1.29 is 14.7 Å². The van der Waals surface area contributed by atoms with Crippen LogP contribution >= 0.6 is 11.3 Å². The van der Waals surface area contributed by atoms with Crippen molar-refractivity contribution in [3.8, 4) is 0 Å². The van der Waals surface area contributed by atoms with Gasteiger partial charge in [-0.2, -0.15) is 0 Å². The molecule has 0 fully saturated rings. The van der Waals surface area contributed by atoms with Gasteiger partial charge in [0.25, 0.3) is 0 Å². The molecule has 1 aromatic heterocycles. The second-order valence-corrected chi connectivity index (χ2v) is 4.61. The summed E-state index contributed by atoms with van der Waals surface area (Å²) < 4.78 is 0. The molecule has 94 valence electrons. The molecule has 1 rings (SSSR count). The van der Waals surface area contributed by atoms with Crippen LogP contribution in [0.15, 0.2) is 11.4 Å². The standard InChI is InChI=1S/C11H16N2O3S/c1-3-8-4-5-17-9(8)6-12-11(16)13-7(2)10(14)15/h4-5,7H,3,6H2,1-2H3,(H,14,15)(H2,12,13,16)/t7-/m0/s1. The van der Waals surface area contributed by atoms with Crippen molar-refractivity contribution in [2.75, 3.05) is 0 Å². The van der Waals surface area contributed by atoms with E-state index in [1.54, 1.807) is 11.3 Å². The fraction of sp³-hybridized carbons (Fsp3) is 0.455. The fourth-order valence-corrected chi connectivity index (χ4v) is 2.22. The highest BCUT2D eigenvalue weighted by Crippen LogP contribution is 2.16. The minimum atomic E-state index is -1.05. The highest BCUT2D eigenvalue weighted by Gasteiger charge is 2.13. The highest BCUT2D eigenvalue weighted by atomic mass is 32.1. The largest absolute Gasteiger partial charge is 0.480 e. The Bertz CT molecular complexity index is 403. The lowest BCUT2D eigenvalue weighted by Gasteiger charge is -2.10. The molecule has 0 aliphatic carbocycles. The van der Waals surface area contributed by atoms with Gasteiger partial charge in [-0.05, 0) is 30.4 Å². The maximum atomic E-state index is 11.4. The van der Waals surface area contributed by atoms with Crippen LogP contribution in [-0.2, 0) is 17.8 Å². The molecule has 0 spiro atoms. The van der Waals surface area contributed by atoms with Gasteiger partial charge in [-0.1, -0.05) is 6.92 Å². The Morgan fingerprint density at radius 3 is 2.82 bits per heavy atom. The number of thiophene rings is 1. The van der Waals surface area contributed by atoms with E-state index in [9.17, 15) is 9.59 Å². The number of amides is 2. The molecule has 1 heterocycles. The Labute approximate surface area is 104 Å². The van der Waals surface area contributed by atoms with Crippen molar-refractivity contribution in [3.05, 3.63) is 21.9 Å². The number of carboxylic acid groups (broad SMARTS) is 1. The van der Waals surface area contributed by atoms with Crippen molar-refractivity contribution in [3.63, 3.8) is 0 Å². The van der Waals surface area contributed by atoms with E-state index in [2.05, 4.69) is 17.6 Å². The zero-order valence-electron chi connectivity index (χ0n) is 9.82. The van der Waals surface area contributed by atoms with E-state index in [1.807, 2.05) is 11.4 Å². The monoisotopic (exact) mass is 256 g/mol. The van der Waals surface area contributed by atoms with E-state index in [4.69, 9.17) is 5.11 Å². The molecule has 0 saturated carbocycles. The van der Waals surface area contributed by atoms with E-state index in [0.717, 1.165) is 11.3 Å². The molecule has 3 N–H and O–H groups in total. The quantitative estimate of drug-likeness (QED) is 0.748. The van der Waals surface area contributed by atoms with Gasteiger partial charge in [0.15, 0.2) is 0 Å². The Morgan fingerprint density at radius 2 is 2.24 bits per heavy atom. The summed E-state index contributed by atoms with van der Waals surface area (Å²) >= 11 is 1.58. The number of carbonyl (C=O) groups is 2. The molecular weight excluding hydrogens is 240 g/mol. The molecule has 0 aliphatic heterocycles. The number of carbonyl (C=O) groups excluding carboxylic acids is 1. The van der Waals surface area contributed by atoms with Crippen LogP contribution in [0.4, 0.5) is 4.79 Å². The van der Waals surface area contributed by atoms with E-state index in [0.29, 0.717) is 6.54 Å². The number of nitrogens with one attached hydrogen (secondary N) is 2. The van der Waals surface area contributed by atoms with Gasteiger partial charge < -0.3 is 15.7 Å². The maximum absolute atomic E-state index is 11.4. The Balaban J connectivity index is 2.41. The van der Waals surface area contributed by atoms with Crippen molar-refractivity contribution in [1.29, 1.82) is 0 Å². The van der Waals surface area contributed by atoms with Crippen LogP contribution in [0.2, 0.25) is 0 Å². The van der Waals surface area contributed by atoms with Gasteiger partial charge in [-0.3, -0.25) is 4.79 Å². The van der Waals surface area contributed by atoms with Gasteiger partial charge in [0.1, 0.15) is 6.04 Å². The van der Waals surface area contributed by atoms with E-state index >= 15 is 0 Å². The number of aryl methyl sites for hydroxylation is 1. The third-order valence-electron chi connectivity index (χ3n) is 2.35. The third kappa shape index (κ3) is 4.07. The first kappa shape index (κ1) is 13.5. The van der Waals surface area contributed by atoms with E-state index in [-0.39, 0.29) is 0 Å².